The first-order valence-electron chi connectivity index (χ1n) is 9.59. The Labute approximate surface area is 167 Å². The minimum absolute atomic E-state index is 0.0916. The van der Waals surface area contributed by atoms with Gasteiger partial charge in [0.1, 0.15) is 17.3 Å². The van der Waals surface area contributed by atoms with E-state index < -0.39 is 5.95 Å². The number of nitrogens with zero attached hydrogens (tertiary/aromatic N) is 3. The molecule has 1 aliphatic rings. The van der Waals surface area contributed by atoms with E-state index in [9.17, 15) is 13.6 Å². The van der Waals surface area contributed by atoms with E-state index in [-0.39, 0.29) is 23.7 Å². The fraction of sp³-hybridized carbons (Fsp3) is 0.286. The van der Waals surface area contributed by atoms with E-state index in [0.29, 0.717) is 30.2 Å². The van der Waals surface area contributed by atoms with Crippen molar-refractivity contribution in [2.75, 3.05) is 10.6 Å². The molecule has 29 heavy (non-hydrogen) atoms. The largest absolute Gasteiger partial charge is 0.367 e. The summed E-state index contributed by atoms with van der Waals surface area (Å²) in [6, 6.07) is 12.8. The number of aromatic nitrogens is 3. The Morgan fingerprint density at radius 3 is 2.52 bits per heavy atom. The maximum atomic E-state index is 13.9. The minimum Gasteiger partial charge on any atom is -0.367 e. The van der Waals surface area contributed by atoms with Crippen molar-refractivity contribution in [3.05, 3.63) is 66.5 Å². The third kappa shape index (κ3) is 4.59. The van der Waals surface area contributed by atoms with Gasteiger partial charge in [0.25, 0.3) is 0 Å². The van der Waals surface area contributed by atoms with Gasteiger partial charge in [-0.1, -0.05) is 18.2 Å². The Hall–Kier alpha value is -3.29. The molecule has 0 radical (unpaired) electrons. The first-order chi connectivity index (χ1) is 14.1. The Kier molecular flexibility index (Phi) is 5.50. The molecule has 0 saturated heterocycles. The average molecular weight is 397 g/mol. The fourth-order valence-electron chi connectivity index (χ4n) is 3.59. The molecule has 1 amide bonds. The topological polar surface area (TPSA) is 71.8 Å². The second-order valence-electron chi connectivity index (χ2n) is 7.12. The molecule has 4 rings (SSSR count). The third-order valence-corrected chi connectivity index (χ3v) is 5.10. The standard InChI is InChI=1S/C21H21F2N5O/c22-16-4-1-2-5-17(16)28-13-12-20(27-28)26-21(29)14-8-10-15(11-9-14)24-19-7-3-6-18(23)25-19/h1-7,12-15H,8-11H2,(H,24,25)(H,26,27,29)/t14-,15+. The number of hydrogen-bond donors (Lipinski definition) is 2. The summed E-state index contributed by atoms with van der Waals surface area (Å²) < 4.78 is 28.5. The first-order valence-corrected chi connectivity index (χ1v) is 9.59. The number of anilines is 2. The summed E-state index contributed by atoms with van der Waals surface area (Å²) in [4.78, 5) is 16.4. The van der Waals surface area contributed by atoms with E-state index in [2.05, 4.69) is 20.7 Å². The van der Waals surface area contributed by atoms with Crippen molar-refractivity contribution in [1.29, 1.82) is 0 Å². The number of halogens is 2. The number of hydrogen-bond acceptors (Lipinski definition) is 4. The Morgan fingerprint density at radius 2 is 1.76 bits per heavy atom. The van der Waals surface area contributed by atoms with E-state index in [1.807, 2.05) is 0 Å². The Morgan fingerprint density at radius 1 is 0.966 bits per heavy atom. The smallest absolute Gasteiger partial charge is 0.228 e. The Balaban J connectivity index is 1.31. The molecule has 0 bridgehead atoms. The van der Waals surface area contributed by atoms with Crippen molar-refractivity contribution in [3.8, 4) is 5.69 Å². The van der Waals surface area contributed by atoms with E-state index in [0.717, 1.165) is 12.8 Å². The van der Waals surface area contributed by atoms with Gasteiger partial charge in [0.05, 0.1) is 0 Å². The highest BCUT2D eigenvalue weighted by Crippen LogP contribution is 2.27. The molecule has 0 atom stereocenters. The number of nitrogens with one attached hydrogen (secondary N) is 2. The van der Waals surface area contributed by atoms with Gasteiger partial charge in [-0.3, -0.25) is 4.79 Å². The Bertz CT molecular complexity index is 998. The lowest BCUT2D eigenvalue weighted by atomic mass is 9.85. The van der Waals surface area contributed by atoms with Gasteiger partial charge in [-0.15, -0.1) is 5.10 Å². The molecule has 150 valence electrons. The van der Waals surface area contributed by atoms with Crippen LogP contribution < -0.4 is 10.6 Å². The summed E-state index contributed by atoms with van der Waals surface area (Å²) in [6.07, 6.45) is 4.63. The van der Waals surface area contributed by atoms with Gasteiger partial charge in [-0.25, -0.2) is 14.1 Å². The maximum Gasteiger partial charge on any atom is 0.228 e. The van der Waals surface area contributed by atoms with Crippen LogP contribution in [-0.4, -0.2) is 26.7 Å². The van der Waals surface area contributed by atoms with Crippen LogP contribution in [0.1, 0.15) is 25.7 Å². The van der Waals surface area contributed by atoms with Crippen LogP contribution in [0.5, 0.6) is 0 Å². The second-order valence-corrected chi connectivity index (χ2v) is 7.12. The van der Waals surface area contributed by atoms with Crippen LogP contribution in [-0.2, 0) is 4.79 Å². The van der Waals surface area contributed by atoms with Crippen molar-refractivity contribution in [3.63, 3.8) is 0 Å². The lowest BCUT2D eigenvalue weighted by Crippen LogP contribution is -2.32. The molecule has 0 aliphatic heterocycles. The highest BCUT2D eigenvalue weighted by molar-refractivity contribution is 5.91. The number of benzene rings is 1. The maximum absolute atomic E-state index is 13.9. The lowest BCUT2D eigenvalue weighted by molar-refractivity contribution is -0.120. The predicted molar refractivity (Wildman–Crippen MR) is 106 cm³/mol. The van der Waals surface area contributed by atoms with Crippen LogP contribution in [0.4, 0.5) is 20.4 Å². The second kappa shape index (κ2) is 8.38. The summed E-state index contributed by atoms with van der Waals surface area (Å²) in [5, 5.41) is 10.3. The van der Waals surface area contributed by atoms with Crippen molar-refractivity contribution in [1.82, 2.24) is 14.8 Å². The summed E-state index contributed by atoms with van der Waals surface area (Å²) in [6.45, 7) is 0. The molecule has 1 saturated carbocycles. The van der Waals surface area contributed by atoms with Gasteiger partial charge in [0.2, 0.25) is 11.9 Å². The van der Waals surface area contributed by atoms with Gasteiger partial charge < -0.3 is 10.6 Å². The van der Waals surface area contributed by atoms with Crippen molar-refractivity contribution in [2.45, 2.75) is 31.7 Å². The number of rotatable bonds is 5. The van der Waals surface area contributed by atoms with Crippen LogP contribution >= 0.6 is 0 Å². The molecule has 2 heterocycles. The zero-order valence-corrected chi connectivity index (χ0v) is 15.7. The first kappa shape index (κ1) is 19.0. The minimum atomic E-state index is -0.516. The lowest BCUT2D eigenvalue weighted by Gasteiger charge is -2.28. The van der Waals surface area contributed by atoms with Gasteiger partial charge in [-0.2, -0.15) is 4.39 Å². The van der Waals surface area contributed by atoms with E-state index in [4.69, 9.17) is 0 Å². The summed E-state index contributed by atoms with van der Waals surface area (Å²) in [5.74, 6) is -0.206. The molecule has 0 unspecified atom stereocenters. The van der Waals surface area contributed by atoms with Crippen LogP contribution in [0.3, 0.4) is 0 Å². The van der Waals surface area contributed by atoms with Gasteiger partial charge >= 0.3 is 0 Å². The molecule has 0 spiro atoms. The molecule has 8 heteroatoms. The molecule has 1 aromatic carbocycles. The number of carbonyl (C=O) groups is 1. The molecule has 2 aromatic heterocycles. The predicted octanol–water partition coefficient (Wildman–Crippen LogP) is 4.15. The van der Waals surface area contributed by atoms with Gasteiger partial charge in [-0.05, 0) is 49.9 Å². The highest BCUT2D eigenvalue weighted by atomic mass is 19.1. The summed E-state index contributed by atoms with van der Waals surface area (Å²) >= 11 is 0. The molecular formula is C21H21F2N5O. The van der Waals surface area contributed by atoms with E-state index in [1.165, 1.54) is 16.8 Å². The van der Waals surface area contributed by atoms with Gasteiger partial charge in [0, 0.05) is 24.2 Å². The molecule has 1 fully saturated rings. The fourth-order valence-corrected chi connectivity index (χ4v) is 3.59. The summed E-state index contributed by atoms with van der Waals surface area (Å²) in [7, 11) is 0. The average Bonchev–Trinajstić information content (AvgIpc) is 3.17. The summed E-state index contributed by atoms with van der Waals surface area (Å²) in [5.41, 5.74) is 0.325. The number of carbonyl (C=O) groups excluding carboxylic acids is 1. The van der Waals surface area contributed by atoms with Crippen LogP contribution in [0.15, 0.2) is 54.7 Å². The van der Waals surface area contributed by atoms with Crippen LogP contribution in [0.2, 0.25) is 0 Å². The monoisotopic (exact) mass is 397 g/mol. The highest BCUT2D eigenvalue weighted by Gasteiger charge is 2.27. The van der Waals surface area contributed by atoms with E-state index >= 15 is 0 Å². The van der Waals surface area contributed by atoms with Gasteiger partial charge in [0.15, 0.2) is 5.82 Å². The van der Waals surface area contributed by atoms with Crippen LogP contribution in [0, 0.1) is 17.7 Å². The number of pyridine rings is 1. The van der Waals surface area contributed by atoms with Crippen molar-refractivity contribution >= 4 is 17.5 Å². The third-order valence-electron chi connectivity index (χ3n) is 5.10. The van der Waals surface area contributed by atoms with E-state index in [1.54, 1.807) is 42.6 Å². The molecule has 3 aromatic rings. The number of para-hydroxylation sites is 1. The molecule has 6 nitrogen and oxygen atoms in total. The SMILES string of the molecule is O=C(Nc1ccn(-c2ccccc2F)n1)[C@H]1CC[C@@H](Nc2cccc(F)n2)CC1. The molecular weight excluding hydrogens is 376 g/mol. The quantitative estimate of drug-likeness (QED) is 0.635. The normalized spacial score (nSPS) is 19.0. The van der Waals surface area contributed by atoms with Crippen molar-refractivity contribution < 1.29 is 13.6 Å². The molecule has 1 aliphatic carbocycles. The zero-order valence-electron chi connectivity index (χ0n) is 15.7. The zero-order chi connectivity index (χ0) is 20.2. The van der Waals surface area contributed by atoms with Crippen LogP contribution in [0.25, 0.3) is 5.69 Å². The number of amides is 1. The molecule has 2 N–H and O–H groups in total. The van der Waals surface area contributed by atoms with Crippen molar-refractivity contribution in [2.24, 2.45) is 5.92 Å².